The van der Waals surface area contributed by atoms with Gasteiger partial charge in [0.2, 0.25) is 10.0 Å². The Morgan fingerprint density at radius 2 is 1.53 bits per heavy atom. The Bertz CT molecular complexity index is 1180. The fourth-order valence-corrected chi connectivity index (χ4v) is 4.51. The van der Waals surface area contributed by atoms with Gasteiger partial charge in [-0.3, -0.25) is 4.79 Å². The first-order valence-corrected chi connectivity index (χ1v) is 13.0. The predicted octanol–water partition coefficient (Wildman–Crippen LogP) is 5.47. The number of rotatable bonds is 11. The third kappa shape index (κ3) is 6.68. The number of sulfonamides is 1. The lowest BCUT2D eigenvalue weighted by Gasteiger charge is -2.21. The molecule has 0 fully saturated rings. The minimum absolute atomic E-state index is 0.132. The Labute approximate surface area is 202 Å². The number of carbonyl (C=O) groups is 1. The van der Waals surface area contributed by atoms with Crippen LogP contribution in [0.25, 0.3) is 0 Å². The molecule has 180 valence electrons. The lowest BCUT2D eigenvalue weighted by atomic mass is 9.98. The summed E-state index contributed by atoms with van der Waals surface area (Å²) in [6.45, 7) is 6.35. The van der Waals surface area contributed by atoms with E-state index in [2.05, 4.69) is 23.9 Å². The number of anilines is 1. The van der Waals surface area contributed by atoms with Crippen LogP contribution in [0.2, 0.25) is 0 Å². The predicted molar refractivity (Wildman–Crippen MR) is 135 cm³/mol. The average Bonchev–Trinajstić information content (AvgIpc) is 2.86. The van der Waals surface area contributed by atoms with Gasteiger partial charge in [0.05, 0.1) is 4.90 Å². The number of carbonyl (C=O) groups excluding carboxylic acids is 1. The van der Waals surface area contributed by atoms with Crippen molar-refractivity contribution in [2.45, 2.75) is 57.1 Å². The van der Waals surface area contributed by atoms with E-state index < -0.39 is 16.1 Å². The highest BCUT2D eigenvalue weighted by Crippen LogP contribution is 2.29. The van der Waals surface area contributed by atoms with Crippen molar-refractivity contribution < 1.29 is 17.9 Å². The topological polar surface area (TPSA) is 84.5 Å². The molecule has 0 aliphatic rings. The van der Waals surface area contributed by atoms with Crippen LogP contribution in [0.4, 0.5) is 5.69 Å². The van der Waals surface area contributed by atoms with Gasteiger partial charge in [0.25, 0.3) is 5.91 Å². The Morgan fingerprint density at radius 1 is 0.882 bits per heavy atom. The van der Waals surface area contributed by atoms with Crippen LogP contribution in [0.1, 0.15) is 50.7 Å². The van der Waals surface area contributed by atoms with Crippen molar-refractivity contribution in [1.29, 1.82) is 0 Å². The van der Waals surface area contributed by atoms with Crippen LogP contribution in [0.5, 0.6) is 5.75 Å². The molecular formula is C27H32N2O4S. The van der Waals surface area contributed by atoms with Gasteiger partial charge in [-0.25, -0.2) is 13.1 Å². The highest BCUT2D eigenvalue weighted by molar-refractivity contribution is 7.89. The third-order valence-electron chi connectivity index (χ3n) is 5.74. The maximum atomic E-state index is 12.9. The summed E-state index contributed by atoms with van der Waals surface area (Å²) < 4.78 is 33.9. The molecule has 2 N–H and O–H groups in total. The normalized spacial score (nSPS) is 13.1. The fourth-order valence-electron chi connectivity index (χ4n) is 3.49. The molecule has 0 aromatic heterocycles. The quantitative estimate of drug-likeness (QED) is 0.381. The van der Waals surface area contributed by atoms with Crippen LogP contribution >= 0.6 is 0 Å². The standard InChI is InChI=1S/C27H32N2O4S/c1-4-20(3)24-13-9-10-14-26(24)33-25(5-2)27(30)29-22-15-17-23(18-16-22)34(31,32)28-19-21-11-7-6-8-12-21/h6-18,20,25,28H,4-5,19H2,1-3H3,(H,29,30). The second-order valence-electron chi connectivity index (χ2n) is 8.19. The van der Waals surface area contributed by atoms with E-state index in [0.29, 0.717) is 23.8 Å². The van der Waals surface area contributed by atoms with Gasteiger partial charge >= 0.3 is 0 Å². The summed E-state index contributed by atoms with van der Waals surface area (Å²) in [4.78, 5) is 13.0. The summed E-state index contributed by atoms with van der Waals surface area (Å²) in [6, 6.07) is 23.2. The highest BCUT2D eigenvalue weighted by Gasteiger charge is 2.21. The van der Waals surface area contributed by atoms with Crippen molar-refractivity contribution in [3.63, 3.8) is 0 Å². The molecule has 6 nitrogen and oxygen atoms in total. The molecule has 0 aliphatic carbocycles. The van der Waals surface area contributed by atoms with Crippen LogP contribution in [-0.4, -0.2) is 20.4 Å². The summed E-state index contributed by atoms with van der Waals surface area (Å²) in [6.07, 6.45) is 0.802. The van der Waals surface area contributed by atoms with Crippen molar-refractivity contribution in [3.8, 4) is 5.75 Å². The number of benzene rings is 3. The molecule has 3 aromatic carbocycles. The molecule has 0 aliphatic heterocycles. The Hall–Kier alpha value is -3.16. The lowest BCUT2D eigenvalue weighted by Crippen LogP contribution is -2.32. The molecule has 2 atom stereocenters. The van der Waals surface area contributed by atoms with Crippen molar-refractivity contribution in [2.24, 2.45) is 0 Å². The summed E-state index contributed by atoms with van der Waals surface area (Å²) in [5, 5.41) is 2.83. The van der Waals surface area contributed by atoms with Gasteiger partial charge in [-0.15, -0.1) is 0 Å². The molecule has 0 saturated carbocycles. The molecule has 0 saturated heterocycles. The molecule has 0 heterocycles. The zero-order valence-corrected chi connectivity index (χ0v) is 20.6. The summed E-state index contributed by atoms with van der Waals surface area (Å²) in [7, 11) is -3.67. The van der Waals surface area contributed by atoms with E-state index in [-0.39, 0.29) is 17.3 Å². The van der Waals surface area contributed by atoms with E-state index in [1.807, 2.05) is 61.5 Å². The van der Waals surface area contributed by atoms with Gasteiger partial charge in [-0.05, 0) is 60.2 Å². The fraction of sp³-hybridized carbons (Fsp3) is 0.296. The number of nitrogens with one attached hydrogen (secondary N) is 2. The van der Waals surface area contributed by atoms with Gasteiger partial charge in [-0.1, -0.05) is 69.3 Å². The second kappa shape index (κ2) is 11.8. The van der Waals surface area contributed by atoms with Gasteiger partial charge in [0.1, 0.15) is 5.75 Å². The first-order valence-electron chi connectivity index (χ1n) is 11.5. The number of amides is 1. The van der Waals surface area contributed by atoms with Crippen molar-refractivity contribution in [2.75, 3.05) is 5.32 Å². The number of para-hydroxylation sites is 1. The first kappa shape index (κ1) is 25.5. The van der Waals surface area contributed by atoms with E-state index in [1.165, 1.54) is 12.1 Å². The van der Waals surface area contributed by atoms with E-state index in [9.17, 15) is 13.2 Å². The van der Waals surface area contributed by atoms with Crippen LogP contribution in [0.3, 0.4) is 0 Å². The highest BCUT2D eigenvalue weighted by atomic mass is 32.2. The lowest BCUT2D eigenvalue weighted by molar-refractivity contribution is -0.122. The Kier molecular flexibility index (Phi) is 8.85. The monoisotopic (exact) mass is 480 g/mol. The summed E-state index contributed by atoms with van der Waals surface area (Å²) in [5.74, 6) is 0.755. The zero-order valence-electron chi connectivity index (χ0n) is 19.8. The molecule has 2 unspecified atom stereocenters. The smallest absolute Gasteiger partial charge is 0.265 e. The average molecular weight is 481 g/mol. The molecule has 7 heteroatoms. The number of ether oxygens (including phenoxy) is 1. The minimum atomic E-state index is -3.67. The Morgan fingerprint density at radius 3 is 2.18 bits per heavy atom. The van der Waals surface area contributed by atoms with Crippen molar-refractivity contribution in [3.05, 3.63) is 90.0 Å². The zero-order chi connectivity index (χ0) is 24.6. The number of hydrogen-bond donors (Lipinski definition) is 2. The van der Waals surface area contributed by atoms with E-state index in [1.54, 1.807) is 12.1 Å². The maximum absolute atomic E-state index is 12.9. The molecule has 0 spiro atoms. The van der Waals surface area contributed by atoms with Crippen LogP contribution in [0, 0.1) is 0 Å². The molecule has 1 amide bonds. The molecule has 0 bridgehead atoms. The van der Waals surface area contributed by atoms with Gasteiger partial charge in [-0.2, -0.15) is 0 Å². The van der Waals surface area contributed by atoms with Crippen molar-refractivity contribution >= 4 is 21.6 Å². The molecule has 34 heavy (non-hydrogen) atoms. The van der Waals surface area contributed by atoms with Gasteiger partial charge in [0, 0.05) is 12.2 Å². The number of hydrogen-bond acceptors (Lipinski definition) is 4. The molecule has 0 radical (unpaired) electrons. The van der Waals surface area contributed by atoms with Gasteiger partial charge < -0.3 is 10.1 Å². The molecule has 3 aromatic rings. The SMILES string of the molecule is CCC(Oc1ccccc1C(C)CC)C(=O)Nc1ccc(S(=O)(=O)NCc2ccccc2)cc1. The van der Waals surface area contributed by atoms with Crippen LogP contribution in [0.15, 0.2) is 83.8 Å². The van der Waals surface area contributed by atoms with E-state index >= 15 is 0 Å². The Balaban J connectivity index is 1.64. The maximum Gasteiger partial charge on any atom is 0.265 e. The largest absolute Gasteiger partial charge is 0.480 e. The van der Waals surface area contributed by atoms with Gasteiger partial charge in [0.15, 0.2) is 6.10 Å². The molecule has 3 rings (SSSR count). The van der Waals surface area contributed by atoms with E-state index in [4.69, 9.17) is 4.74 Å². The first-order chi connectivity index (χ1) is 16.3. The summed E-state index contributed by atoms with van der Waals surface area (Å²) in [5.41, 5.74) is 2.45. The van der Waals surface area contributed by atoms with Crippen molar-refractivity contribution in [1.82, 2.24) is 4.72 Å². The van der Waals surface area contributed by atoms with E-state index in [0.717, 1.165) is 17.5 Å². The minimum Gasteiger partial charge on any atom is -0.480 e. The third-order valence-corrected chi connectivity index (χ3v) is 7.15. The summed E-state index contributed by atoms with van der Waals surface area (Å²) >= 11 is 0. The van der Waals surface area contributed by atoms with Crippen LogP contribution < -0.4 is 14.8 Å². The van der Waals surface area contributed by atoms with Crippen LogP contribution in [-0.2, 0) is 21.4 Å². The second-order valence-corrected chi connectivity index (χ2v) is 9.95. The molecular weight excluding hydrogens is 448 g/mol.